The lowest BCUT2D eigenvalue weighted by Crippen LogP contribution is -2.25. The Hall–Kier alpha value is -1.35. The second-order valence-electron chi connectivity index (χ2n) is 5.50. The Bertz CT molecular complexity index is 425. The van der Waals surface area contributed by atoms with Crippen molar-refractivity contribution >= 4 is 5.97 Å². The van der Waals surface area contributed by atoms with Crippen LogP contribution in [0.5, 0.6) is 0 Å². The smallest absolute Gasteiger partial charge is 0.338 e. The molecule has 0 N–H and O–H groups in total. The van der Waals surface area contributed by atoms with E-state index in [2.05, 4.69) is 11.9 Å². The maximum Gasteiger partial charge on any atom is 0.338 e. The maximum atomic E-state index is 11.7. The summed E-state index contributed by atoms with van der Waals surface area (Å²) < 4.78 is 4.83. The molecule has 1 aliphatic carbocycles. The van der Waals surface area contributed by atoms with E-state index >= 15 is 0 Å². The van der Waals surface area contributed by atoms with Crippen LogP contribution in [0.4, 0.5) is 0 Å². The average molecular weight is 261 g/mol. The molecule has 19 heavy (non-hydrogen) atoms. The first-order valence-electron chi connectivity index (χ1n) is 7.05. The van der Waals surface area contributed by atoms with Crippen LogP contribution in [-0.2, 0) is 11.3 Å². The fourth-order valence-electron chi connectivity index (χ4n) is 2.96. The van der Waals surface area contributed by atoms with Gasteiger partial charge in [-0.2, -0.15) is 0 Å². The minimum Gasteiger partial charge on any atom is -0.465 e. The number of hydrogen-bond donors (Lipinski definition) is 0. The number of hydrogen-bond acceptors (Lipinski definition) is 3. The van der Waals surface area contributed by atoms with Crippen molar-refractivity contribution in [3.63, 3.8) is 0 Å². The van der Waals surface area contributed by atoms with E-state index in [0.29, 0.717) is 5.56 Å². The predicted molar refractivity (Wildman–Crippen MR) is 76.1 cm³/mol. The number of rotatable bonds is 5. The highest BCUT2D eigenvalue weighted by atomic mass is 16.5. The number of benzene rings is 1. The lowest BCUT2D eigenvalue weighted by atomic mass is 10.1. The van der Waals surface area contributed by atoms with Crippen LogP contribution in [0.15, 0.2) is 24.3 Å². The van der Waals surface area contributed by atoms with Crippen LogP contribution >= 0.6 is 0 Å². The van der Waals surface area contributed by atoms with E-state index in [0.717, 1.165) is 24.6 Å². The van der Waals surface area contributed by atoms with Crippen molar-refractivity contribution in [2.45, 2.75) is 32.2 Å². The minimum absolute atomic E-state index is 0.245. The van der Waals surface area contributed by atoms with Crippen LogP contribution in [-0.4, -0.2) is 31.6 Å². The third-order valence-electron chi connectivity index (χ3n) is 3.91. The normalized spacial score (nSPS) is 15.9. The number of methoxy groups -OCH3 is 1. The number of esters is 1. The second kappa shape index (κ2) is 6.71. The zero-order valence-electron chi connectivity index (χ0n) is 11.9. The summed E-state index contributed by atoms with van der Waals surface area (Å²) in [5.74, 6) is 0.583. The van der Waals surface area contributed by atoms with Crippen molar-refractivity contribution in [1.82, 2.24) is 4.90 Å². The van der Waals surface area contributed by atoms with Gasteiger partial charge in [0.2, 0.25) is 0 Å². The van der Waals surface area contributed by atoms with Gasteiger partial charge in [-0.3, -0.25) is 0 Å². The van der Waals surface area contributed by atoms with Crippen molar-refractivity contribution in [2.24, 2.45) is 5.92 Å². The summed E-state index contributed by atoms with van der Waals surface area (Å²) >= 11 is 0. The first kappa shape index (κ1) is 14.1. The Morgan fingerprint density at radius 2 is 2.00 bits per heavy atom. The first-order valence-corrected chi connectivity index (χ1v) is 7.05. The molecule has 0 aromatic heterocycles. The molecule has 0 heterocycles. The van der Waals surface area contributed by atoms with Crippen LogP contribution in [0.25, 0.3) is 0 Å². The van der Waals surface area contributed by atoms with Gasteiger partial charge in [0.1, 0.15) is 0 Å². The van der Waals surface area contributed by atoms with Crippen LogP contribution in [0, 0.1) is 5.92 Å². The Balaban J connectivity index is 1.99. The zero-order valence-corrected chi connectivity index (χ0v) is 11.9. The van der Waals surface area contributed by atoms with Crippen LogP contribution in [0.3, 0.4) is 0 Å². The largest absolute Gasteiger partial charge is 0.465 e. The number of ether oxygens (including phenoxy) is 1. The number of nitrogens with zero attached hydrogens (tertiary/aromatic N) is 1. The molecule has 0 atom stereocenters. The fraction of sp³-hybridized carbons (Fsp3) is 0.562. The average Bonchev–Trinajstić information content (AvgIpc) is 2.91. The number of carbonyl (C=O) groups is 1. The molecule has 1 aromatic rings. The summed E-state index contributed by atoms with van der Waals surface area (Å²) in [6, 6.07) is 7.71. The van der Waals surface area contributed by atoms with E-state index in [1.807, 2.05) is 24.3 Å². The highest BCUT2D eigenvalue weighted by molar-refractivity contribution is 5.90. The van der Waals surface area contributed by atoms with Gasteiger partial charge in [0, 0.05) is 13.1 Å². The summed E-state index contributed by atoms with van der Waals surface area (Å²) in [4.78, 5) is 14.0. The van der Waals surface area contributed by atoms with Crippen LogP contribution < -0.4 is 0 Å². The Kier molecular flexibility index (Phi) is 4.97. The minimum atomic E-state index is -0.245. The standard InChI is InChI=1S/C16H23NO2/c1-17(11-13-7-3-4-8-13)12-14-9-5-6-10-15(14)16(18)19-2/h5-6,9-10,13H,3-4,7-8,11-12H2,1-2H3. The molecule has 0 saturated heterocycles. The van der Waals surface area contributed by atoms with E-state index in [1.54, 1.807) is 0 Å². The van der Waals surface area contributed by atoms with E-state index < -0.39 is 0 Å². The molecule has 1 aliphatic rings. The van der Waals surface area contributed by atoms with E-state index in [4.69, 9.17) is 4.74 Å². The Labute approximate surface area is 115 Å². The van der Waals surface area contributed by atoms with Crippen molar-refractivity contribution in [3.05, 3.63) is 35.4 Å². The van der Waals surface area contributed by atoms with Gasteiger partial charge < -0.3 is 9.64 Å². The molecule has 1 aromatic carbocycles. The predicted octanol–water partition coefficient (Wildman–Crippen LogP) is 3.10. The molecule has 0 amide bonds. The molecule has 104 valence electrons. The molecule has 0 unspecified atom stereocenters. The molecule has 3 nitrogen and oxygen atoms in total. The molecule has 0 bridgehead atoms. The summed E-state index contributed by atoms with van der Waals surface area (Å²) in [7, 11) is 3.56. The molecule has 3 heteroatoms. The quantitative estimate of drug-likeness (QED) is 0.763. The monoisotopic (exact) mass is 261 g/mol. The number of carbonyl (C=O) groups excluding carboxylic acids is 1. The van der Waals surface area contributed by atoms with Crippen molar-refractivity contribution in [1.29, 1.82) is 0 Å². The highest BCUT2D eigenvalue weighted by Crippen LogP contribution is 2.25. The first-order chi connectivity index (χ1) is 9.20. The van der Waals surface area contributed by atoms with E-state index in [1.165, 1.54) is 32.8 Å². The van der Waals surface area contributed by atoms with Gasteiger partial charge in [-0.05, 0) is 37.4 Å². The van der Waals surface area contributed by atoms with E-state index in [9.17, 15) is 4.79 Å². The van der Waals surface area contributed by atoms with Gasteiger partial charge in [0.15, 0.2) is 0 Å². The molecule has 0 spiro atoms. The summed E-state index contributed by atoms with van der Waals surface area (Å²) in [5, 5.41) is 0. The highest BCUT2D eigenvalue weighted by Gasteiger charge is 2.18. The van der Waals surface area contributed by atoms with Crippen LogP contribution in [0.1, 0.15) is 41.6 Å². The van der Waals surface area contributed by atoms with Crippen molar-refractivity contribution in [2.75, 3.05) is 20.7 Å². The molecule has 1 fully saturated rings. The topological polar surface area (TPSA) is 29.5 Å². The van der Waals surface area contributed by atoms with Gasteiger partial charge in [0.05, 0.1) is 12.7 Å². The fourth-order valence-corrected chi connectivity index (χ4v) is 2.96. The van der Waals surface area contributed by atoms with Gasteiger partial charge in [0.25, 0.3) is 0 Å². The SMILES string of the molecule is COC(=O)c1ccccc1CN(C)CC1CCCC1. The van der Waals surface area contributed by atoms with Crippen LogP contribution in [0.2, 0.25) is 0 Å². The third-order valence-corrected chi connectivity index (χ3v) is 3.91. The van der Waals surface area contributed by atoms with Gasteiger partial charge in [-0.15, -0.1) is 0 Å². The van der Waals surface area contributed by atoms with Crippen molar-refractivity contribution in [3.8, 4) is 0 Å². The molecule has 0 aliphatic heterocycles. The van der Waals surface area contributed by atoms with Gasteiger partial charge >= 0.3 is 5.97 Å². The lowest BCUT2D eigenvalue weighted by Gasteiger charge is -2.21. The van der Waals surface area contributed by atoms with Gasteiger partial charge in [-0.1, -0.05) is 31.0 Å². The lowest BCUT2D eigenvalue weighted by molar-refractivity contribution is 0.0598. The molecular weight excluding hydrogens is 238 g/mol. The van der Waals surface area contributed by atoms with Gasteiger partial charge in [-0.25, -0.2) is 4.79 Å². The molecular formula is C16H23NO2. The summed E-state index contributed by atoms with van der Waals surface area (Å²) in [5.41, 5.74) is 1.73. The summed E-state index contributed by atoms with van der Waals surface area (Å²) in [6.45, 7) is 1.93. The van der Waals surface area contributed by atoms with Crippen molar-refractivity contribution < 1.29 is 9.53 Å². The Morgan fingerprint density at radius 1 is 1.32 bits per heavy atom. The molecule has 1 saturated carbocycles. The molecule has 2 rings (SSSR count). The maximum absolute atomic E-state index is 11.7. The zero-order chi connectivity index (χ0) is 13.7. The second-order valence-corrected chi connectivity index (χ2v) is 5.50. The Morgan fingerprint density at radius 3 is 2.68 bits per heavy atom. The molecule has 0 radical (unpaired) electrons. The summed E-state index contributed by atoms with van der Waals surface area (Å²) in [6.07, 6.45) is 5.44. The van der Waals surface area contributed by atoms with E-state index in [-0.39, 0.29) is 5.97 Å². The third kappa shape index (κ3) is 3.80.